The van der Waals surface area contributed by atoms with Crippen LogP contribution in [0.25, 0.3) is 0 Å². The van der Waals surface area contributed by atoms with Gasteiger partial charge in [0.05, 0.1) is 6.04 Å². The van der Waals surface area contributed by atoms with Crippen LogP contribution in [0, 0.1) is 5.82 Å². The molecule has 2 aromatic carbocycles. The summed E-state index contributed by atoms with van der Waals surface area (Å²) in [4.78, 5) is 0. The minimum absolute atomic E-state index is 0.0693. The Morgan fingerprint density at radius 1 is 1.15 bits per heavy atom. The van der Waals surface area contributed by atoms with E-state index in [2.05, 4.69) is 52.4 Å². The lowest BCUT2D eigenvalue weighted by Gasteiger charge is -2.17. The molecular formula is C17H19BrFN. The van der Waals surface area contributed by atoms with Gasteiger partial charge >= 0.3 is 0 Å². The number of hydrogen-bond acceptors (Lipinski definition) is 1. The largest absolute Gasteiger partial charge is 0.378 e. The van der Waals surface area contributed by atoms with E-state index < -0.39 is 0 Å². The molecule has 1 unspecified atom stereocenters. The SMILES string of the molecule is CCCc1ccc(NC(C)c2ccc(Br)cc2F)cc1. The van der Waals surface area contributed by atoms with Crippen LogP contribution < -0.4 is 5.32 Å². The highest BCUT2D eigenvalue weighted by molar-refractivity contribution is 9.10. The first kappa shape index (κ1) is 15.0. The number of anilines is 1. The average molecular weight is 336 g/mol. The van der Waals surface area contributed by atoms with Gasteiger partial charge in [-0.1, -0.05) is 47.5 Å². The van der Waals surface area contributed by atoms with E-state index in [9.17, 15) is 4.39 Å². The highest BCUT2D eigenvalue weighted by Crippen LogP contribution is 2.24. The molecular weight excluding hydrogens is 317 g/mol. The quantitative estimate of drug-likeness (QED) is 0.737. The maximum Gasteiger partial charge on any atom is 0.129 e. The fourth-order valence-corrected chi connectivity index (χ4v) is 2.57. The molecule has 1 N–H and O–H groups in total. The van der Waals surface area contributed by atoms with E-state index in [1.54, 1.807) is 0 Å². The van der Waals surface area contributed by atoms with Crippen molar-refractivity contribution in [3.05, 3.63) is 63.9 Å². The van der Waals surface area contributed by atoms with Crippen LogP contribution in [0.1, 0.15) is 37.4 Å². The fourth-order valence-electron chi connectivity index (χ4n) is 2.24. The monoisotopic (exact) mass is 335 g/mol. The van der Waals surface area contributed by atoms with Crippen molar-refractivity contribution in [2.75, 3.05) is 5.32 Å². The lowest BCUT2D eigenvalue weighted by atomic mass is 10.1. The van der Waals surface area contributed by atoms with Gasteiger partial charge in [0.15, 0.2) is 0 Å². The number of aryl methyl sites for hydroxylation is 1. The summed E-state index contributed by atoms with van der Waals surface area (Å²) in [5.74, 6) is -0.193. The molecule has 0 aliphatic carbocycles. The van der Waals surface area contributed by atoms with Gasteiger partial charge in [-0.3, -0.25) is 0 Å². The van der Waals surface area contributed by atoms with E-state index in [1.807, 2.05) is 19.1 Å². The van der Waals surface area contributed by atoms with E-state index >= 15 is 0 Å². The predicted octanol–water partition coefficient (Wildman–Crippen LogP) is 5.71. The Hall–Kier alpha value is -1.35. The molecule has 0 amide bonds. The molecule has 0 spiro atoms. The summed E-state index contributed by atoms with van der Waals surface area (Å²) in [5.41, 5.74) is 3.02. The third-order valence-electron chi connectivity index (χ3n) is 3.30. The molecule has 0 saturated carbocycles. The number of halogens is 2. The molecule has 0 heterocycles. The van der Waals surface area contributed by atoms with Gasteiger partial charge < -0.3 is 5.32 Å². The van der Waals surface area contributed by atoms with Crippen LogP contribution in [0.2, 0.25) is 0 Å². The second-order valence-corrected chi connectivity index (χ2v) is 5.89. The van der Waals surface area contributed by atoms with Crippen LogP contribution in [0.15, 0.2) is 46.9 Å². The van der Waals surface area contributed by atoms with Crippen LogP contribution in [0.3, 0.4) is 0 Å². The molecule has 1 atom stereocenters. The molecule has 0 aliphatic rings. The molecule has 2 rings (SSSR count). The minimum Gasteiger partial charge on any atom is -0.378 e. The van der Waals surface area contributed by atoms with Gasteiger partial charge in [-0.15, -0.1) is 0 Å². The molecule has 0 aliphatic heterocycles. The molecule has 0 aromatic heterocycles. The van der Waals surface area contributed by atoms with E-state index in [0.717, 1.165) is 23.0 Å². The van der Waals surface area contributed by atoms with E-state index in [-0.39, 0.29) is 11.9 Å². The molecule has 0 bridgehead atoms. The van der Waals surface area contributed by atoms with Crippen molar-refractivity contribution >= 4 is 21.6 Å². The second kappa shape index (κ2) is 6.89. The maximum atomic E-state index is 13.9. The van der Waals surface area contributed by atoms with Crippen LogP contribution in [-0.4, -0.2) is 0 Å². The predicted molar refractivity (Wildman–Crippen MR) is 86.6 cm³/mol. The Labute approximate surface area is 128 Å². The Balaban J connectivity index is 2.08. The Morgan fingerprint density at radius 2 is 1.85 bits per heavy atom. The molecule has 0 radical (unpaired) electrons. The summed E-state index contributed by atoms with van der Waals surface area (Å²) in [6.07, 6.45) is 2.24. The molecule has 2 aromatic rings. The summed E-state index contributed by atoms with van der Waals surface area (Å²) in [6, 6.07) is 13.4. The van der Waals surface area contributed by atoms with Crippen molar-refractivity contribution in [2.45, 2.75) is 32.7 Å². The zero-order chi connectivity index (χ0) is 14.5. The molecule has 0 saturated heterocycles. The molecule has 3 heteroatoms. The van der Waals surface area contributed by atoms with Gasteiger partial charge in [0, 0.05) is 15.7 Å². The molecule has 0 fully saturated rings. The zero-order valence-corrected chi connectivity index (χ0v) is 13.4. The van der Waals surface area contributed by atoms with Gasteiger partial charge in [-0.2, -0.15) is 0 Å². The minimum atomic E-state index is -0.193. The van der Waals surface area contributed by atoms with Crippen LogP contribution in [0.5, 0.6) is 0 Å². The summed E-state index contributed by atoms with van der Waals surface area (Å²) >= 11 is 3.27. The highest BCUT2D eigenvalue weighted by Gasteiger charge is 2.11. The summed E-state index contributed by atoms with van der Waals surface area (Å²) < 4.78 is 14.7. The third-order valence-corrected chi connectivity index (χ3v) is 3.80. The normalized spacial score (nSPS) is 12.2. The van der Waals surface area contributed by atoms with Crippen LogP contribution in [0.4, 0.5) is 10.1 Å². The Morgan fingerprint density at radius 3 is 2.45 bits per heavy atom. The lowest BCUT2D eigenvalue weighted by molar-refractivity contribution is 0.599. The molecule has 106 valence electrons. The highest BCUT2D eigenvalue weighted by atomic mass is 79.9. The van der Waals surface area contributed by atoms with Gasteiger partial charge in [0.25, 0.3) is 0 Å². The van der Waals surface area contributed by atoms with Gasteiger partial charge in [0.1, 0.15) is 5.82 Å². The van der Waals surface area contributed by atoms with Crippen molar-refractivity contribution in [1.82, 2.24) is 0 Å². The van der Waals surface area contributed by atoms with Gasteiger partial charge in [-0.25, -0.2) is 4.39 Å². The van der Waals surface area contributed by atoms with Crippen molar-refractivity contribution in [3.63, 3.8) is 0 Å². The first-order chi connectivity index (χ1) is 9.60. The Kier molecular flexibility index (Phi) is 5.18. The topological polar surface area (TPSA) is 12.0 Å². The summed E-state index contributed by atoms with van der Waals surface area (Å²) in [6.45, 7) is 4.14. The third kappa shape index (κ3) is 3.83. The van der Waals surface area contributed by atoms with Crippen molar-refractivity contribution < 1.29 is 4.39 Å². The summed E-state index contributed by atoms with van der Waals surface area (Å²) in [5, 5.41) is 3.33. The fraction of sp³-hybridized carbons (Fsp3) is 0.294. The number of hydrogen-bond donors (Lipinski definition) is 1. The van der Waals surface area contributed by atoms with Crippen LogP contribution in [-0.2, 0) is 6.42 Å². The van der Waals surface area contributed by atoms with Crippen molar-refractivity contribution in [2.24, 2.45) is 0 Å². The number of benzene rings is 2. The first-order valence-corrected chi connectivity index (χ1v) is 7.70. The van der Waals surface area contributed by atoms with Crippen molar-refractivity contribution in [3.8, 4) is 0 Å². The lowest BCUT2D eigenvalue weighted by Crippen LogP contribution is -2.08. The second-order valence-electron chi connectivity index (χ2n) is 4.98. The average Bonchev–Trinajstić information content (AvgIpc) is 2.41. The van der Waals surface area contributed by atoms with Gasteiger partial charge in [0.2, 0.25) is 0 Å². The van der Waals surface area contributed by atoms with Crippen molar-refractivity contribution in [1.29, 1.82) is 0 Å². The standard InChI is InChI=1S/C17H19BrFN/c1-3-4-13-5-8-15(9-6-13)20-12(2)16-10-7-14(18)11-17(16)19/h5-12,20H,3-4H2,1-2H3. The molecule has 20 heavy (non-hydrogen) atoms. The van der Waals surface area contributed by atoms with E-state index in [0.29, 0.717) is 5.56 Å². The zero-order valence-electron chi connectivity index (χ0n) is 11.8. The van der Waals surface area contributed by atoms with Crippen LogP contribution >= 0.6 is 15.9 Å². The molecule has 1 nitrogen and oxygen atoms in total. The Bertz CT molecular complexity index is 566. The number of nitrogens with one attached hydrogen (secondary N) is 1. The van der Waals surface area contributed by atoms with Gasteiger partial charge in [-0.05, 0) is 43.2 Å². The first-order valence-electron chi connectivity index (χ1n) is 6.90. The number of rotatable bonds is 5. The van der Waals surface area contributed by atoms with E-state index in [1.165, 1.54) is 11.6 Å². The smallest absolute Gasteiger partial charge is 0.129 e. The maximum absolute atomic E-state index is 13.9. The summed E-state index contributed by atoms with van der Waals surface area (Å²) in [7, 11) is 0. The van der Waals surface area contributed by atoms with E-state index in [4.69, 9.17) is 0 Å².